The second kappa shape index (κ2) is 22.9. The molecule has 0 saturated heterocycles. The van der Waals surface area contributed by atoms with Gasteiger partial charge in [-0.05, 0) is 70.0 Å². The van der Waals surface area contributed by atoms with Crippen molar-refractivity contribution >= 4 is 23.6 Å². The second-order valence-electron chi connectivity index (χ2n) is 11.4. The van der Waals surface area contributed by atoms with Gasteiger partial charge in [0, 0.05) is 19.3 Å². The first kappa shape index (κ1) is 36.7. The first-order chi connectivity index (χ1) is 21.4. The Bertz CT molecular complexity index is 1090. The zero-order valence-corrected chi connectivity index (χ0v) is 26.7. The van der Waals surface area contributed by atoms with E-state index in [1.807, 2.05) is 60.7 Å². The van der Waals surface area contributed by atoms with Crippen LogP contribution in [0, 0.1) is 0 Å². The Balaban J connectivity index is 1.63. The van der Waals surface area contributed by atoms with Crippen molar-refractivity contribution in [3.63, 3.8) is 0 Å². The highest BCUT2D eigenvalue weighted by atomic mass is 16.5. The molecule has 0 radical (unpaired) electrons. The fourth-order valence-electron chi connectivity index (χ4n) is 4.93. The number of carbonyl (C=O) groups excluding carboxylic acids is 4. The molecule has 0 aromatic heterocycles. The van der Waals surface area contributed by atoms with Gasteiger partial charge in [-0.3, -0.25) is 9.59 Å². The van der Waals surface area contributed by atoms with Gasteiger partial charge in [-0.2, -0.15) is 0 Å². The highest BCUT2D eigenvalue weighted by Gasteiger charge is 2.23. The summed E-state index contributed by atoms with van der Waals surface area (Å²) in [4.78, 5) is 49.0. The maximum absolute atomic E-state index is 12.9. The maximum Gasteiger partial charge on any atom is 0.328 e. The van der Waals surface area contributed by atoms with E-state index in [2.05, 4.69) is 10.6 Å². The maximum atomic E-state index is 12.9. The summed E-state index contributed by atoms with van der Waals surface area (Å²) in [7, 11) is 1.76. The molecule has 8 heteroatoms. The van der Waals surface area contributed by atoms with Crippen LogP contribution in [0.2, 0.25) is 0 Å². The summed E-state index contributed by atoms with van der Waals surface area (Å²) in [5, 5.41) is 5.92. The molecule has 8 nitrogen and oxygen atoms in total. The number of carbonyl (C=O) groups is 4. The lowest BCUT2D eigenvalue weighted by Crippen LogP contribution is -2.43. The van der Waals surface area contributed by atoms with Crippen LogP contribution in [0.4, 0.5) is 0 Å². The van der Waals surface area contributed by atoms with Crippen molar-refractivity contribution in [3.05, 3.63) is 71.8 Å². The Kier molecular flexibility index (Phi) is 19.1. The van der Waals surface area contributed by atoms with Crippen molar-refractivity contribution in [2.24, 2.45) is 0 Å². The molecule has 0 spiro atoms. The standard InChI is InChI=1S/C36H52N2O6/c1-29(39)19-11-5-3-4-6-16-24-34(40)38-33(28-31-22-14-10-15-23-31)36(42)44-26-18-8-7-17-25-43-35(41)32(37-2)27-30-20-12-9-13-21-30/h9-10,12-15,20-23,32-33,37H,3-8,11,16-19,24-28H2,1-2H3,(H,38,40). The number of nitrogens with one attached hydrogen (secondary N) is 2. The lowest BCUT2D eigenvalue weighted by atomic mass is 10.0. The van der Waals surface area contributed by atoms with Crippen LogP contribution in [0.3, 0.4) is 0 Å². The lowest BCUT2D eigenvalue weighted by molar-refractivity contribution is -0.148. The van der Waals surface area contributed by atoms with Crippen LogP contribution >= 0.6 is 0 Å². The molecule has 0 heterocycles. The molecular formula is C36H52N2O6. The summed E-state index contributed by atoms with van der Waals surface area (Å²) in [5.74, 6) is -0.576. The van der Waals surface area contributed by atoms with Gasteiger partial charge in [0.05, 0.1) is 13.2 Å². The largest absolute Gasteiger partial charge is 0.465 e. The number of benzene rings is 2. The summed E-state index contributed by atoms with van der Waals surface area (Å²) in [6.07, 6.45) is 10.9. The third-order valence-corrected chi connectivity index (χ3v) is 7.53. The van der Waals surface area contributed by atoms with Crippen molar-refractivity contribution in [1.29, 1.82) is 0 Å². The van der Waals surface area contributed by atoms with E-state index in [1.165, 1.54) is 0 Å². The van der Waals surface area contributed by atoms with Crippen LogP contribution in [0.5, 0.6) is 0 Å². The molecule has 0 aliphatic heterocycles. The molecule has 2 aromatic rings. The van der Waals surface area contributed by atoms with Crippen LogP contribution < -0.4 is 10.6 Å². The summed E-state index contributed by atoms with van der Waals surface area (Å²) < 4.78 is 11.0. The molecule has 2 atom stereocenters. The zero-order chi connectivity index (χ0) is 31.8. The van der Waals surface area contributed by atoms with Crippen molar-refractivity contribution in [3.8, 4) is 0 Å². The Morgan fingerprint density at radius 3 is 1.52 bits per heavy atom. The van der Waals surface area contributed by atoms with Crippen molar-refractivity contribution < 1.29 is 28.7 Å². The van der Waals surface area contributed by atoms with E-state index in [-0.39, 0.29) is 30.3 Å². The van der Waals surface area contributed by atoms with Crippen LogP contribution in [0.1, 0.15) is 95.1 Å². The molecule has 1 amide bonds. The van der Waals surface area contributed by atoms with Crippen molar-refractivity contribution in [2.75, 3.05) is 20.3 Å². The van der Waals surface area contributed by atoms with Gasteiger partial charge in [0.1, 0.15) is 17.9 Å². The monoisotopic (exact) mass is 608 g/mol. The topological polar surface area (TPSA) is 111 Å². The normalized spacial score (nSPS) is 12.2. The third-order valence-electron chi connectivity index (χ3n) is 7.53. The molecule has 0 saturated carbocycles. The van der Waals surface area contributed by atoms with Crippen LogP contribution in [0.25, 0.3) is 0 Å². The fraction of sp³-hybridized carbons (Fsp3) is 0.556. The van der Waals surface area contributed by atoms with Crippen molar-refractivity contribution in [2.45, 2.75) is 109 Å². The van der Waals surface area contributed by atoms with Gasteiger partial charge in [-0.1, -0.05) is 86.3 Å². The zero-order valence-electron chi connectivity index (χ0n) is 26.7. The summed E-state index contributed by atoms with van der Waals surface area (Å²) in [5.41, 5.74) is 2.03. The Morgan fingerprint density at radius 1 is 0.591 bits per heavy atom. The number of hydrogen-bond acceptors (Lipinski definition) is 7. The van der Waals surface area contributed by atoms with Gasteiger partial charge < -0.3 is 24.9 Å². The lowest BCUT2D eigenvalue weighted by Gasteiger charge is -2.18. The number of unbranched alkanes of at least 4 members (excludes halogenated alkanes) is 8. The quantitative estimate of drug-likeness (QED) is 0.113. The minimum absolute atomic E-state index is 0.140. The van der Waals surface area contributed by atoms with E-state index in [0.717, 1.165) is 68.9 Å². The van der Waals surface area contributed by atoms with E-state index in [4.69, 9.17) is 9.47 Å². The molecule has 242 valence electrons. The summed E-state index contributed by atoms with van der Waals surface area (Å²) >= 11 is 0. The molecule has 0 aliphatic rings. The molecule has 0 bridgehead atoms. The Hall–Kier alpha value is -3.52. The van der Waals surface area contributed by atoms with Gasteiger partial charge >= 0.3 is 11.9 Å². The minimum Gasteiger partial charge on any atom is -0.465 e. The van der Waals surface area contributed by atoms with Crippen LogP contribution in [0.15, 0.2) is 60.7 Å². The van der Waals surface area contributed by atoms with Crippen LogP contribution in [-0.2, 0) is 41.5 Å². The average molecular weight is 609 g/mol. The number of likely N-dealkylation sites (N-methyl/N-ethyl adjacent to an activating group) is 1. The molecular weight excluding hydrogens is 556 g/mol. The molecule has 2 rings (SSSR count). The first-order valence-electron chi connectivity index (χ1n) is 16.3. The molecule has 44 heavy (non-hydrogen) atoms. The van der Waals surface area contributed by atoms with E-state index < -0.39 is 12.0 Å². The number of hydrogen-bond donors (Lipinski definition) is 2. The minimum atomic E-state index is -0.730. The van der Waals surface area contributed by atoms with Gasteiger partial charge in [0.25, 0.3) is 0 Å². The second-order valence-corrected chi connectivity index (χ2v) is 11.4. The van der Waals surface area contributed by atoms with Crippen molar-refractivity contribution in [1.82, 2.24) is 10.6 Å². The number of Topliss-reactive ketones (excluding diaryl/α,β-unsaturated/α-hetero) is 1. The Labute approximate surface area is 263 Å². The molecule has 2 aromatic carbocycles. The van der Waals surface area contributed by atoms with E-state index >= 15 is 0 Å². The molecule has 2 unspecified atom stereocenters. The smallest absolute Gasteiger partial charge is 0.328 e. The molecule has 2 N–H and O–H groups in total. The number of ketones is 1. The SMILES string of the molecule is CNC(Cc1ccccc1)C(=O)OCCCCCCOC(=O)C(Cc1ccccc1)NC(=O)CCCCCCCCC(C)=O. The van der Waals surface area contributed by atoms with Gasteiger partial charge in [-0.25, -0.2) is 4.79 Å². The van der Waals surface area contributed by atoms with Crippen LogP contribution in [-0.4, -0.2) is 56.0 Å². The van der Waals surface area contributed by atoms with E-state index in [9.17, 15) is 19.2 Å². The average Bonchev–Trinajstić information content (AvgIpc) is 3.02. The van der Waals surface area contributed by atoms with Gasteiger partial charge in [-0.15, -0.1) is 0 Å². The highest BCUT2D eigenvalue weighted by molar-refractivity contribution is 5.84. The molecule has 0 fully saturated rings. The number of amides is 1. The van der Waals surface area contributed by atoms with Gasteiger partial charge in [0.15, 0.2) is 0 Å². The van der Waals surface area contributed by atoms with E-state index in [1.54, 1.807) is 14.0 Å². The highest BCUT2D eigenvalue weighted by Crippen LogP contribution is 2.11. The third kappa shape index (κ3) is 16.9. The number of ether oxygens (including phenoxy) is 2. The number of rotatable bonds is 24. The fourth-order valence-corrected chi connectivity index (χ4v) is 4.93. The van der Waals surface area contributed by atoms with Gasteiger partial charge in [0.2, 0.25) is 5.91 Å². The predicted molar refractivity (Wildman–Crippen MR) is 173 cm³/mol. The number of esters is 2. The van der Waals surface area contributed by atoms with E-state index in [0.29, 0.717) is 38.7 Å². The Morgan fingerprint density at radius 2 is 1.02 bits per heavy atom. The summed E-state index contributed by atoms with van der Waals surface area (Å²) in [6.45, 7) is 2.26. The molecule has 0 aliphatic carbocycles. The first-order valence-corrected chi connectivity index (χ1v) is 16.3. The predicted octanol–water partition coefficient (Wildman–Crippen LogP) is 5.90. The summed E-state index contributed by atoms with van der Waals surface area (Å²) in [6, 6.07) is 18.3.